The highest BCUT2D eigenvalue weighted by Gasteiger charge is 2.49. The Morgan fingerprint density at radius 3 is 2.64 bits per heavy atom. The molecule has 4 heterocycles. The van der Waals surface area contributed by atoms with Gasteiger partial charge in [0.05, 0.1) is 30.8 Å². The fourth-order valence-corrected chi connectivity index (χ4v) is 12.2. The summed E-state index contributed by atoms with van der Waals surface area (Å²) in [6.07, 6.45) is 5.15. The first kappa shape index (κ1) is 47.8. The van der Waals surface area contributed by atoms with Crippen molar-refractivity contribution < 1.29 is 34.7 Å². The smallest absolute Gasteiger partial charge is 0.302 e. The van der Waals surface area contributed by atoms with Gasteiger partial charge in [-0.25, -0.2) is 0 Å². The summed E-state index contributed by atoms with van der Waals surface area (Å²) in [7, 11) is 0. The highest BCUT2D eigenvalue weighted by molar-refractivity contribution is 5.78. The van der Waals surface area contributed by atoms with E-state index in [1.54, 1.807) is 13.0 Å². The molecule has 3 aromatic carbocycles. The third-order valence-electron chi connectivity index (χ3n) is 15.6. The molecule has 0 amide bonds. The number of nitrogens with one attached hydrogen (secondary N) is 3. The van der Waals surface area contributed by atoms with Crippen molar-refractivity contribution in [1.29, 1.82) is 0 Å². The van der Waals surface area contributed by atoms with Crippen LogP contribution in [0.2, 0.25) is 0 Å². The van der Waals surface area contributed by atoms with Crippen molar-refractivity contribution >= 4 is 11.9 Å². The number of guanidine groups is 1. The lowest BCUT2D eigenvalue weighted by Crippen LogP contribution is -2.66. The minimum Gasteiger partial charge on any atom is -0.504 e. The van der Waals surface area contributed by atoms with Crippen LogP contribution >= 0.6 is 0 Å². The number of phenols is 1. The number of piperidine rings is 1. The standard InChI is InChI=1S/C54H73N5O7/c1-33-18-34(2)20-39(19-33)23-43-30-57-52(55)58-32-53(35(3)61)14-10-41-22-38-8-9-51(56-16-12-37-6-5-7-40(43)21-37)54(28-38)29-46(13-17-59-54)66-50-26-42(44(31-60)25-48(50)64)24-47(41)49(65-36(4)62)27-45(63)11-15-53/h5-7,18-21,25-26,35,38,41,43,45-47,49,51,56,59-61,63-64H,8-9,11-13,15-17,22-24,27-32H2,1-4H3,(H3,55,57,58). The normalized spacial score (nSPS) is 32.1. The van der Waals surface area contributed by atoms with E-state index in [9.17, 15) is 25.2 Å². The fraction of sp³-hybridized carbons (Fsp3) is 0.593. The molecule has 66 heavy (non-hydrogen) atoms. The number of rotatable bonds is 5. The highest BCUT2D eigenvalue weighted by Crippen LogP contribution is 2.46. The van der Waals surface area contributed by atoms with Crippen LogP contribution in [0.3, 0.4) is 0 Å². The number of fused-ring (bicyclic) bond motifs is 10. The average molecular weight is 904 g/mol. The number of carbonyl (C=O) groups excluding carboxylic acids is 1. The maximum Gasteiger partial charge on any atom is 0.302 e. The molecule has 4 aliphatic heterocycles. The summed E-state index contributed by atoms with van der Waals surface area (Å²) in [5.74, 6) is 7.09. The topological polar surface area (TPSA) is 191 Å². The molecule has 6 aliphatic rings. The highest BCUT2D eigenvalue weighted by atomic mass is 16.5. The van der Waals surface area contributed by atoms with E-state index in [2.05, 4.69) is 84.1 Å². The van der Waals surface area contributed by atoms with E-state index in [4.69, 9.17) is 20.2 Å². The molecule has 2 fully saturated rings. The number of aromatic hydroxyl groups is 1. The van der Waals surface area contributed by atoms with Crippen LogP contribution in [-0.4, -0.2) is 94.5 Å². The number of carbonyl (C=O) groups is 1. The predicted molar refractivity (Wildman–Crippen MR) is 257 cm³/mol. The molecule has 12 heteroatoms. The van der Waals surface area contributed by atoms with Crippen LogP contribution in [0, 0.1) is 48.9 Å². The van der Waals surface area contributed by atoms with Crippen LogP contribution < -0.4 is 26.4 Å². The number of nitrogens with zero attached hydrogens (tertiary/aromatic N) is 1. The zero-order valence-corrected chi connectivity index (χ0v) is 39.5. The second-order valence-electron chi connectivity index (χ2n) is 20.6. The van der Waals surface area contributed by atoms with Crippen molar-refractivity contribution in [3.05, 3.63) is 93.5 Å². The number of benzene rings is 3. The molecule has 356 valence electrons. The number of hydrogen-bond donors (Lipinski definition) is 8. The van der Waals surface area contributed by atoms with Gasteiger partial charge in [0, 0.05) is 55.6 Å². The van der Waals surface area contributed by atoms with Gasteiger partial charge in [-0.15, -0.1) is 0 Å². The van der Waals surface area contributed by atoms with Gasteiger partial charge in [0.1, 0.15) is 12.2 Å². The second-order valence-corrected chi connectivity index (χ2v) is 20.6. The molecular weight excluding hydrogens is 831 g/mol. The largest absolute Gasteiger partial charge is 0.504 e. The van der Waals surface area contributed by atoms with Gasteiger partial charge in [0.15, 0.2) is 17.5 Å². The van der Waals surface area contributed by atoms with Gasteiger partial charge in [-0.1, -0.05) is 65.4 Å². The third kappa shape index (κ3) is 11.2. The summed E-state index contributed by atoms with van der Waals surface area (Å²) in [5.41, 5.74) is 12.9. The fourth-order valence-electron chi connectivity index (χ4n) is 12.2. The summed E-state index contributed by atoms with van der Waals surface area (Å²) in [6.45, 7) is 9.34. The lowest BCUT2D eigenvalue weighted by molar-refractivity contribution is -0.152. The van der Waals surface area contributed by atoms with Crippen molar-refractivity contribution in [2.24, 2.45) is 33.9 Å². The van der Waals surface area contributed by atoms with Crippen LogP contribution in [0.15, 0.2) is 59.6 Å². The van der Waals surface area contributed by atoms with Crippen LogP contribution in [-0.2, 0) is 35.4 Å². The van der Waals surface area contributed by atoms with E-state index in [0.717, 1.165) is 63.6 Å². The summed E-state index contributed by atoms with van der Waals surface area (Å²) < 4.78 is 13.0. The Labute approximate surface area is 391 Å². The van der Waals surface area contributed by atoms with Gasteiger partial charge in [0.2, 0.25) is 0 Å². The minimum absolute atomic E-state index is 0.0293. The molecule has 12 nitrogen and oxygen atoms in total. The molecule has 1 spiro atoms. The zero-order valence-electron chi connectivity index (χ0n) is 39.5. The van der Waals surface area contributed by atoms with E-state index in [0.29, 0.717) is 37.1 Å². The Bertz CT molecular complexity index is 2270. The Balaban J connectivity index is 1.27. The molecule has 9 N–H and O–H groups in total. The maximum absolute atomic E-state index is 12.9. The van der Waals surface area contributed by atoms with E-state index in [1.807, 2.05) is 6.07 Å². The molecular formula is C54H73N5O7. The molecule has 1 saturated carbocycles. The molecule has 11 unspecified atom stereocenters. The monoisotopic (exact) mass is 904 g/mol. The van der Waals surface area contributed by atoms with Gasteiger partial charge in [-0.2, -0.15) is 0 Å². The Morgan fingerprint density at radius 2 is 1.86 bits per heavy atom. The van der Waals surface area contributed by atoms with Crippen molar-refractivity contribution in [2.75, 3.05) is 26.2 Å². The number of esters is 1. The number of aryl methyl sites for hydroxylation is 2. The number of aliphatic hydroxyl groups is 3. The number of ether oxygens (including phenoxy) is 2. The van der Waals surface area contributed by atoms with E-state index in [1.165, 1.54) is 34.7 Å². The maximum atomic E-state index is 12.9. The quantitative estimate of drug-likeness (QED) is 0.117. The van der Waals surface area contributed by atoms with E-state index >= 15 is 0 Å². The van der Waals surface area contributed by atoms with Crippen LogP contribution in [0.5, 0.6) is 11.5 Å². The third-order valence-corrected chi connectivity index (χ3v) is 15.6. The Morgan fingerprint density at radius 1 is 1.05 bits per heavy atom. The Kier molecular flexibility index (Phi) is 15.0. The molecule has 1 saturated heterocycles. The average Bonchev–Trinajstić information content (AvgIpc) is 3.27. The van der Waals surface area contributed by atoms with Crippen LogP contribution in [0.25, 0.3) is 0 Å². The van der Waals surface area contributed by atoms with Gasteiger partial charge in [-0.3, -0.25) is 9.79 Å². The first-order valence-electron chi connectivity index (χ1n) is 24.6. The molecule has 2 aliphatic carbocycles. The number of nitrogens with two attached hydrogens (primary N) is 1. The Hall–Kier alpha value is -4.64. The molecule has 11 atom stereocenters. The van der Waals surface area contributed by atoms with Crippen molar-refractivity contribution in [3.8, 4) is 23.3 Å². The molecule has 0 radical (unpaired) electrons. The molecule has 9 rings (SSSR count). The number of aliphatic hydroxyl groups excluding tert-OH is 3. The van der Waals surface area contributed by atoms with Gasteiger partial charge < -0.3 is 51.6 Å². The molecule has 0 aromatic heterocycles. The van der Waals surface area contributed by atoms with E-state index in [-0.39, 0.29) is 73.1 Å². The van der Waals surface area contributed by atoms with Gasteiger partial charge in [0.25, 0.3) is 0 Å². The summed E-state index contributed by atoms with van der Waals surface area (Å²) in [6, 6.07) is 19.2. The first-order chi connectivity index (χ1) is 31.7. The number of hydrogen-bond acceptors (Lipinski definition) is 12. The summed E-state index contributed by atoms with van der Waals surface area (Å²) in [5, 5.41) is 57.3. The van der Waals surface area contributed by atoms with E-state index < -0.39 is 35.6 Å². The second kappa shape index (κ2) is 20.7. The minimum atomic E-state index is -1.05. The SMILES string of the molecule is CC(=O)OC1CC(O)CCC2(C(C)O)C#CC3CC4CCC(NCCc5cccc(c5)C(Cc5cc(C)cc(C)c5)CNC(N)=NC2)C2(C4)CC(CCN2)Oc2cc(c(CO)cc2O)CC31. The zero-order chi connectivity index (χ0) is 46.6. The summed E-state index contributed by atoms with van der Waals surface area (Å²) in [4.78, 5) is 17.9. The lowest BCUT2D eigenvalue weighted by Gasteiger charge is -2.52. The van der Waals surface area contributed by atoms with Crippen molar-refractivity contribution in [1.82, 2.24) is 16.0 Å². The lowest BCUT2D eigenvalue weighted by atomic mass is 9.64. The molecule has 10 bridgehead atoms. The molecule has 3 aromatic rings. The number of aliphatic imine (C=N–C) groups is 1. The number of phenolic OH excluding ortho intramolecular Hbond substituents is 1. The van der Waals surface area contributed by atoms with Crippen LogP contribution in [0.4, 0.5) is 0 Å². The van der Waals surface area contributed by atoms with Crippen molar-refractivity contribution in [3.63, 3.8) is 0 Å². The van der Waals surface area contributed by atoms with Crippen molar-refractivity contribution in [2.45, 2.75) is 153 Å². The van der Waals surface area contributed by atoms with Gasteiger partial charge >= 0.3 is 5.97 Å². The predicted octanol–water partition coefficient (Wildman–Crippen LogP) is 5.64. The van der Waals surface area contributed by atoms with Gasteiger partial charge in [-0.05, 0) is 144 Å². The first-order valence-corrected chi connectivity index (χ1v) is 24.6. The summed E-state index contributed by atoms with van der Waals surface area (Å²) >= 11 is 0. The van der Waals surface area contributed by atoms with Crippen LogP contribution in [0.1, 0.15) is 116 Å².